The van der Waals surface area contributed by atoms with Crippen LogP contribution in [0.3, 0.4) is 0 Å². The molecule has 1 heterocycles. The van der Waals surface area contributed by atoms with Crippen molar-refractivity contribution in [2.75, 3.05) is 19.5 Å². The van der Waals surface area contributed by atoms with E-state index in [1.807, 2.05) is 0 Å². The summed E-state index contributed by atoms with van der Waals surface area (Å²) in [6.07, 6.45) is 0. The van der Waals surface area contributed by atoms with Gasteiger partial charge < -0.3 is 14.8 Å². The third-order valence-corrected chi connectivity index (χ3v) is 3.58. The van der Waals surface area contributed by atoms with Crippen molar-refractivity contribution in [3.63, 3.8) is 0 Å². The SMILES string of the molecule is COc1ccc(-c2nnn(CC(=O)Nc3ccc(F)cc3F)n2)cc1OC. The van der Waals surface area contributed by atoms with E-state index in [2.05, 4.69) is 20.7 Å². The largest absolute Gasteiger partial charge is 0.493 e. The molecule has 0 fully saturated rings. The fraction of sp³-hybridized carbons (Fsp3) is 0.176. The molecule has 27 heavy (non-hydrogen) atoms. The summed E-state index contributed by atoms with van der Waals surface area (Å²) in [5.74, 6) is -0.873. The van der Waals surface area contributed by atoms with Gasteiger partial charge in [0.1, 0.15) is 18.2 Å². The van der Waals surface area contributed by atoms with Crippen LogP contribution in [-0.4, -0.2) is 40.3 Å². The van der Waals surface area contributed by atoms with Crippen LogP contribution in [0.2, 0.25) is 0 Å². The minimum Gasteiger partial charge on any atom is -0.493 e. The molecule has 0 aliphatic carbocycles. The number of hydrogen-bond donors (Lipinski definition) is 1. The minimum atomic E-state index is -0.874. The highest BCUT2D eigenvalue weighted by atomic mass is 19.1. The Hall–Kier alpha value is -3.56. The van der Waals surface area contributed by atoms with Gasteiger partial charge in [-0.3, -0.25) is 4.79 Å². The van der Waals surface area contributed by atoms with Crippen LogP contribution in [0.4, 0.5) is 14.5 Å². The first-order valence-electron chi connectivity index (χ1n) is 7.75. The molecule has 0 radical (unpaired) electrons. The number of benzene rings is 2. The van der Waals surface area contributed by atoms with Crippen molar-refractivity contribution in [2.24, 2.45) is 0 Å². The lowest BCUT2D eigenvalue weighted by atomic mass is 10.2. The van der Waals surface area contributed by atoms with E-state index in [9.17, 15) is 13.6 Å². The number of carbonyl (C=O) groups excluding carboxylic acids is 1. The molecule has 2 aromatic carbocycles. The van der Waals surface area contributed by atoms with E-state index >= 15 is 0 Å². The Morgan fingerprint density at radius 3 is 2.59 bits per heavy atom. The minimum absolute atomic E-state index is 0.137. The predicted molar refractivity (Wildman–Crippen MR) is 91.3 cm³/mol. The second kappa shape index (κ2) is 7.77. The van der Waals surface area contributed by atoms with Crippen molar-refractivity contribution in [1.29, 1.82) is 0 Å². The molecular formula is C17H15F2N5O3. The highest BCUT2D eigenvalue weighted by Gasteiger charge is 2.13. The molecule has 0 saturated heterocycles. The normalized spacial score (nSPS) is 10.5. The number of rotatable bonds is 6. The molecule has 0 aliphatic heterocycles. The van der Waals surface area contributed by atoms with Crippen molar-refractivity contribution in [2.45, 2.75) is 6.54 Å². The third-order valence-electron chi connectivity index (χ3n) is 3.58. The fourth-order valence-electron chi connectivity index (χ4n) is 2.31. The van der Waals surface area contributed by atoms with Gasteiger partial charge in [-0.2, -0.15) is 4.80 Å². The number of nitrogens with zero attached hydrogens (tertiary/aromatic N) is 4. The first-order valence-corrected chi connectivity index (χ1v) is 7.75. The molecule has 10 heteroatoms. The topological polar surface area (TPSA) is 91.2 Å². The van der Waals surface area contributed by atoms with E-state index in [0.717, 1.165) is 16.9 Å². The van der Waals surface area contributed by atoms with Crippen molar-refractivity contribution in [3.05, 3.63) is 48.0 Å². The summed E-state index contributed by atoms with van der Waals surface area (Å²) in [6.45, 7) is -0.295. The first kappa shape index (κ1) is 18.2. The van der Waals surface area contributed by atoms with Crippen LogP contribution in [0.5, 0.6) is 11.5 Å². The van der Waals surface area contributed by atoms with Gasteiger partial charge in [0.2, 0.25) is 11.7 Å². The summed E-state index contributed by atoms with van der Waals surface area (Å²) in [6, 6.07) is 7.94. The number of hydrogen-bond acceptors (Lipinski definition) is 6. The fourth-order valence-corrected chi connectivity index (χ4v) is 2.31. The lowest BCUT2D eigenvalue weighted by molar-refractivity contribution is -0.117. The highest BCUT2D eigenvalue weighted by molar-refractivity contribution is 5.90. The molecule has 1 N–H and O–H groups in total. The predicted octanol–water partition coefficient (Wildman–Crippen LogP) is 2.27. The molecular weight excluding hydrogens is 360 g/mol. The second-order valence-corrected chi connectivity index (χ2v) is 5.39. The molecule has 0 atom stereocenters. The lowest BCUT2D eigenvalue weighted by Gasteiger charge is -2.07. The number of ether oxygens (including phenoxy) is 2. The Morgan fingerprint density at radius 1 is 1.11 bits per heavy atom. The van der Waals surface area contributed by atoms with Crippen LogP contribution in [0.25, 0.3) is 11.4 Å². The van der Waals surface area contributed by atoms with Gasteiger partial charge in [0.15, 0.2) is 11.5 Å². The van der Waals surface area contributed by atoms with Gasteiger partial charge >= 0.3 is 0 Å². The van der Waals surface area contributed by atoms with E-state index in [4.69, 9.17) is 9.47 Å². The van der Waals surface area contributed by atoms with E-state index < -0.39 is 17.5 Å². The van der Waals surface area contributed by atoms with Gasteiger partial charge in [-0.25, -0.2) is 8.78 Å². The smallest absolute Gasteiger partial charge is 0.248 e. The van der Waals surface area contributed by atoms with Gasteiger partial charge in [0.05, 0.1) is 19.9 Å². The van der Waals surface area contributed by atoms with Crippen LogP contribution in [0.15, 0.2) is 36.4 Å². The van der Waals surface area contributed by atoms with Gasteiger partial charge in [-0.05, 0) is 35.5 Å². The van der Waals surface area contributed by atoms with E-state index in [1.165, 1.54) is 14.2 Å². The maximum atomic E-state index is 13.6. The van der Waals surface area contributed by atoms with Gasteiger partial charge in [-0.15, -0.1) is 10.2 Å². The van der Waals surface area contributed by atoms with Crippen molar-refractivity contribution < 1.29 is 23.0 Å². The molecule has 1 aromatic heterocycles. The van der Waals surface area contributed by atoms with E-state index in [-0.39, 0.29) is 18.1 Å². The van der Waals surface area contributed by atoms with E-state index in [0.29, 0.717) is 23.1 Å². The maximum Gasteiger partial charge on any atom is 0.248 e. The van der Waals surface area contributed by atoms with Gasteiger partial charge in [0.25, 0.3) is 0 Å². The number of anilines is 1. The molecule has 0 aliphatic rings. The van der Waals surface area contributed by atoms with Gasteiger partial charge in [-0.1, -0.05) is 0 Å². The Bertz CT molecular complexity index is 977. The highest BCUT2D eigenvalue weighted by Crippen LogP contribution is 2.30. The van der Waals surface area contributed by atoms with Crippen LogP contribution in [0.1, 0.15) is 0 Å². The van der Waals surface area contributed by atoms with Crippen LogP contribution < -0.4 is 14.8 Å². The molecule has 0 bridgehead atoms. The zero-order valence-corrected chi connectivity index (χ0v) is 14.4. The van der Waals surface area contributed by atoms with Crippen LogP contribution in [-0.2, 0) is 11.3 Å². The van der Waals surface area contributed by atoms with Gasteiger partial charge in [0, 0.05) is 11.6 Å². The van der Waals surface area contributed by atoms with Crippen LogP contribution in [0, 0.1) is 11.6 Å². The standard InChI is InChI=1S/C17H15F2N5O3/c1-26-14-6-3-10(7-15(14)27-2)17-21-23-24(22-17)9-16(25)20-13-5-4-11(18)8-12(13)19/h3-8H,9H2,1-2H3,(H,20,25). The Balaban J connectivity index is 1.71. The number of carbonyl (C=O) groups is 1. The Kier molecular flexibility index (Phi) is 5.25. The number of amides is 1. The number of methoxy groups -OCH3 is 2. The summed E-state index contributed by atoms with van der Waals surface area (Å²) in [5, 5.41) is 14.1. The number of halogens is 2. The summed E-state index contributed by atoms with van der Waals surface area (Å²) >= 11 is 0. The average molecular weight is 375 g/mol. The molecule has 0 unspecified atom stereocenters. The maximum absolute atomic E-state index is 13.6. The first-order chi connectivity index (χ1) is 13.0. The Morgan fingerprint density at radius 2 is 1.89 bits per heavy atom. The molecule has 3 aromatic rings. The summed E-state index contributed by atoms with van der Waals surface area (Å²) in [5.41, 5.74) is 0.477. The number of tetrazole rings is 1. The summed E-state index contributed by atoms with van der Waals surface area (Å²) in [4.78, 5) is 13.1. The molecule has 140 valence electrons. The monoisotopic (exact) mass is 375 g/mol. The number of aromatic nitrogens is 4. The molecule has 8 nitrogen and oxygen atoms in total. The molecule has 0 spiro atoms. The van der Waals surface area contributed by atoms with Crippen LogP contribution >= 0.6 is 0 Å². The van der Waals surface area contributed by atoms with Crippen molar-refractivity contribution >= 4 is 11.6 Å². The van der Waals surface area contributed by atoms with Crippen molar-refractivity contribution in [3.8, 4) is 22.9 Å². The number of nitrogens with one attached hydrogen (secondary N) is 1. The molecule has 0 saturated carbocycles. The quantitative estimate of drug-likeness (QED) is 0.711. The second-order valence-electron chi connectivity index (χ2n) is 5.39. The average Bonchev–Trinajstić information content (AvgIpc) is 3.11. The third kappa shape index (κ3) is 4.17. The molecule has 3 rings (SSSR count). The molecule has 1 amide bonds. The Labute approximate surface area is 152 Å². The zero-order valence-electron chi connectivity index (χ0n) is 14.4. The lowest BCUT2D eigenvalue weighted by Crippen LogP contribution is -2.21. The van der Waals surface area contributed by atoms with Crippen molar-refractivity contribution in [1.82, 2.24) is 20.2 Å². The van der Waals surface area contributed by atoms with E-state index in [1.54, 1.807) is 18.2 Å². The summed E-state index contributed by atoms with van der Waals surface area (Å²) in [7, 11) is 3.03. The summed E-state index contributed by atoms with van der Waals surface area (Å²) < 4.78 is 36.9. The zero-order chi connectivity index (χ0) is 19.4.